The van der Waals surface area contributed by atoms with Crippen molar-refractivity contribution in [3.05, 3.63) is 53.3 Å². The molecule has 0 saturated heterocycles. The van der Waals surface area contributed by atoms with Gasteiger partial charge in [-0.25, -0.2) is 0 Å². The maximum Gasteiger partial charge on any atom is 0.0607 e. The van der Waals surface area contributed by atoms with Crippen molar-refractivity contribution in [2.75, 3.05) is 24.3 Å². The molecule has 0 aliphatic heterocycles. The van der Waals surface area contributed by atoms with Crippen LogP contribution in [0.25, 0.3) is 0 Å². The summed E-state index contributed by atoms with van der Waals surface area (Å²) in [4.78, 5) is 6.60. The quantitative estimate of drug-likeness (QED) is 0.911. The lowest BCUT2D eigenvalue weighted by atomic mass is 10.1. The number of anilines is 2. The molecule has 3 heteroatoms. The monoisotopic (exact) mass is 269 g/mol. The van der Waals surface area contributed by atoms with Gasteiger partial charge in [0, 0.05) is 31.5 Å². The van der Waals surface area contributed by atoms with Gasteiger partial charge in [-0.2, -0.15) is 0 Å². The summed E-state index contributed by atoms with van der Waals surface area (Å²) in [5.41, 5.74) is 5.68. The summed E-state index contributed by atoms with van der Waals surface area (Å²) in [6.45, 7) is 6.22. The van der Waals surface area contributed by atoms with Crippen LogP contribution in [0.5, 0.6) is 0 Å². The summed E-state index contributed by atoms with van der Waals surface area (Å²) in [7, 11) is 4.11. The number of pyridine rings is 1. The minimum atomic E-state index is 0.259. The fraction of sp³-hybridized carbons (Fsp3) is 0.353. The molecule has 1 unspecified atom stereocenters. The third-order valence-electron chi connectivity index (χ3n) is 3.51. The minimum Gasteiger partial charge on any atom is -0.378 e. The standard InChI is InChI=1S/C17H23N3/c1-12-6-11-17(14(3)18-12)19-13(2)15-7-9-16(10-8-15)20(4)5/h6-11,13,19H,1-5H3. The smallest absolute Gasteiger partial charge is 0.0607 e. The van der Waals surface area contributed by atoms with Gasteiger partial charge >= 0.3 is 0 Å². The molecular weight excluding hydrogens is 246 g/mol. The molecule has 0 fully saturated rings. The van der Waals surface area contributed by atoms with E-state index in [1.807, 2.05) is 19.9 Å². The Hall–Kier alpha value is -2.03. The second-order valence-electron chi connectivity index (χ2n) is 5.44. The van der Waals surface area contributed by atoms with Crippen LogP contribution in [0.15, 0.2) is 36.4 Å². The topological polar surface area (TPSA) is 28.2 Å². The van der Waals surface area contributed by atoms with Gasteiger partial charge < -0.3 is 10.2 Å². The molecule has 0 saturated carbocycles. The van der Waals surface area contributed by atoms with E-state index in [0.29, 0.717) is 0 Å². The lowest BCUT2D eigenvalue weighted by Gasteiger charge is -2.19. The van der Waals surface area contributed by atoms with Crippen LogP contribution in [0.4, 0.5) is 11.4 Å². The number of aryl methyl sites for hydroxylation is 2. The van der Waals surface area contributed by atoms with Crippen LogP contribution in [-0.4, -0.2) is 19.1 Å². The molecule has 3 nitrogen and oxygen atoms in total. The third kappa shape index (κ3) is 3.29. The maximum atomic E-state index is 4.49. The van der Waals surface area contributed by atoms with E-state index in [1.165, 1.54) is 11.3 Å². The van der Waals surface area contributed by atoms with Gasteiger partial charge in [-0.05, 0) is 50.6 Å². The van der Waals surface area contributed by atoms with Gasteiger partial charge in [0.05, 0.1) is 11.4 Å². The second-order valence-corrected chi connectivity index (χ2v) is 5.44. The average Bonchev–Trinajstić information content (AvgIpc) is 2.42. The van der Waals surface area contributed by atoms with Crippen LogP contribution < -0.4 is 10.2 Å². The highest BCUT2D eigenvalue weighted by Crippen LogP contribution is 2.23. The molecule has 2 rings (SSSR count). The van der Waals surface area contributed by atoms with Crippen LogP contribution in [0, 0.1) is 13.8 Å². The van der Waals surface area contributed by atoms with Gasteiger partial charge in [-0.15, -0.1) is 0 Å². The van der Waals surface area contributed by atoms with Crippen LogP contribution in [0.2, 0.25) is 0 Å². The Morgan fingerprint density at radius 1 is 1.00 bits per heavy atom. The lowest BCUT2D eigenvalue weighted by molar-refractivity contribution is 0.877. The second kappa shape index (κ2) is 5.95. The molecule has 106 valence electrons. The van der Waals surface area contributed by atoms with Crippen LogP contribution in [0.3, 0.4) is 0 Å². The molecule has 0 bridgehead atoms. The van der Waals surface area contributed by atoms with Gasteiger partial charge in [0.1, 0.15) is 0 Å². The van der Waals surface area contributed by atoms with Crippen molar-refractivity contribution < 1.29 is 0 Å². The molecular formula is C17H23N3. The highest BCUT2D eigenvalue weighted by molar-refractivity contribution is 5.51. The summed E-state index contributed by atoms with van der Waals surface area (Å²) in [5, 5.41) is 3.53. The Morgan fingerprint density at radius 3 is 2.20 bits per heavy atom. The zero-order valence-corrected chi connectivity index (χ0v) is 12.9. The molecule has 0 amide bonds. The van der Waals surface area contributed by atoms with Gasteiger partial charge in [-0.1, -0.05) is 12.1 Å². The first kappa shape index (κ1) is 14.4. The number of rotatable bonds is 4. The van der Waals surface area contributed by atoms with E-state index in [9.17, 15) is 0 Å². The van der Waals surface area contributed by atoms with Crippen LogP contribution in [0.1, 0.15) is 29.9 Å². The van der Waals surface area contributed by atoms with Gasteiger partial charge in [0.25, 0.3) is 0 Å². The number of aromatic nitrogens is 1. The van der Waals surface area contributed by atoms with Crippen molar-refractivity contribution in [2.45, 2.75) is 26.8 Å². The van der Waals surface area contributed by atoms with Crippen molar-refractivity contribution in [3.8, 4) is 0 Å². The molecule has 0 aliphatic rings. The highest BCUT2D eigenvalue weighted by Gasteiger charge is 2.08. The highest BCUT2D eigenvalue weighted by atomic mass is 15.1. The summed E-state index contributed by atoms with van der Waals surface area (Å²) < 4.78 is 0. The van der Waals surface area contributed by atoms with E-state index in [-0.39, 0.29) is 6.04 Å². The first-order valence-corrected chi connectivity index (χ1v) is 6.95. The normalized spacial score (nSPS) is 12.1. The fourth-order valence-electron chi connectivity index (χ4n) is 2.22. The Bertz CT molecular complexity index is 573. The molecule has 1 aromatic heterocycles. The number of hydrogen-bond donors (Lipinski definition) is 1. The van der Waals surface area contributed by atoms with Crippen LogP contribution in [-0.2, 0) is 0 Å². The number of hydrogen-bond acceptors (Lipinski definition) is 3. The molecule has 0 aliphatic carbocycles. The Labute approximate surface area is 121 Å². The van der Waals surface area contributed by atoms with Crippen molar-refractivity contribution in [2.24, 2.45) is 0 Å². The zero-order valence-electron chi connectivity index (χ0n) is 12.9. The van der Waals surface area contributed by atoms with E-state index < -0.39 is 0 Å². The predicted octanol–water partition coefficient (Wildman–Crippen LogP) is 3.94. The molecule has 0 spiro atoms. The van der Waals surface area contributed by atoms with Gasteiger partial charge in [0.2, 0.25) is 0 Å². The molecule has 1 heterocycles. The summed E-state index contributed by atoms with van der Waals surface area (Å²) >= 11 is 0. The Kier molecular flexibility index (Phi) is 4.28. The Morgan fingerprint density at radius 2 is 1.65 bits per heavy atom. The van der Waals surface area contributed by atoms with Gasteiger partial charge in [0.15, 0.2) is 0 Å². The minimum absolute atomic E-state index is 0.259. The van der Waals surface area contributed by atoms with Crippen molar-refractivity contribution in [1.29, 1.82) is 0 Å². The van der Waals surface area contributed by atoms with Crippen molar-refractivity contribution >= 4 is 11.4 Å². The lowest BCUT2D eigenvalue weighted by Crippen LogP contribution is -2.10. The van der Waals surface area contributed by atoms with E-state index in [1.54, 1.807) is 0 Å². The molecule has 1 N–H and O–H groups in total. The summed E-state index contributed by atoms with van der Waals surface area (Å²) in [5.74, 6) is 0. The number of nitrogens with one attached hydrogen (secondary N) is 1. The zero-order chi connectivity index (χ0) is 14.7. The summed E-state index contributed by atoms with van der Waals surface area (Å²) in [6, 6.07) is 13.0. The third-order valence-corrected chi connectivity index (χ3v) is 3.51. The average molecular weight is 269 g/mol. The fourth-order valence-corrected chi connectivity index (χ4v) is 2.22. The molecule has 2 aromatic rings. The van der Waals surface area contributed by atoms with E-state index in [2.05, 4.69) is 66.6 Å². The Balaban J connectivity index is 2.13. The van der Waals surface area contributed by atoms with Crippen LogP contribution >= 0.6 is 0 Å². The first-order chi connectivity index (χ1) is 9.47. The van der Waals surface area contributed by atoms with E-state index in [0.717, 1.165) is 17.1 Å². The van der Waals surface area contributed by atoms with Crippen molar-refractivity contribution in [3.63, 3.8) is 0 Å². The molecule has 20 heavy (non-hydrogen) atoms. The largest absolute Gasteiger partial charge is 0.378 e. The SMILES string of the molecule is Cc1ccc(NC(C)c2ccc(N(C)C)cc2)c(C)n1. The van der Waals surface area contributed by atoms with E-state index in [4.69, 9.17) is 0 Å². The first-order valence-electron chi connectivity index (χ1n) is 6.95. The van der Waals surface area contributed by atoms with Crippen molar-refractivity contribution in [1.82, 2.24) is 4.98 Å². The molecule has 1 atom stereocenters. The molecule has 1 aromatic carbocycles. The summed E-state index contributed by atoms with van der Waals surface area (Å²) in [6.07, 6.45) is 0. The molecule has 0 radical (unpaired) electrons. The number of benzene rings is 1. The number of nitrogens with zero attached hydrogens (tertiary/aromatic N) is 2. The predicted molar refractivity (Wildman–Crippen MR) is 86.5 cm³/mol. The van der Waals surface area contributed by atoms with E-state index >= 15 is 0 Å². The van der Waals surface area contributed by atoms with Gasteiger partial charge in [-0.3, -0.25) is 4.98 Å². The maximum absolute atomic E-state index is 4.49.